The number of ether oxygens (including phenoxy) is 1. The third kappa shape index (κ3) is 4.81. The Labute approximate surface area is 216 Å². The first-order valence-electron chi connectivity index (χ1n) is 13.1. The summed E-state index contributed by atoms with van der Waals surface area (Å²) in [7, 11) is 1.40. The van der Waals surface area contributed by atoms with Gasteiger partial charge in [-0.3, -0.25) is 4.79 Å². The van der Waals surface area contributed by atoms with Crippen LogP contribution in [0.5, 0.6) is 0 Å². The van der Waals surface area contributed by atoms with Crippen molar-refractivity contribution in [2.75, 3.05) is 13.7 Å². The van der Waals surface area contributed by atoms with Gasteiger partial charge in [0.2, 0.25) is 0 Å². The van der Waals surface area contributed by atoms with Crippen molar-refractivity contribution < 1.29 is 23.8 Å². The molecule has 1 amide bonds. The molecule has 0 radical (unpaired) electrons. The summed E-state index contributed by atoms with van der Waals surface area (Å²) in [5, 5.41) is 9.49. The largest absolute Gasteiger partial charge is 0.481 e. The number of imidazole rings is 1. The molecule has 0 spiro atoms. The number of benzene rings is 2. The first kappa shape index (κ1) is 25.2. The van der Waals surface area contributed by atoms with Crippen molar-refractivity contribution in [3.05, 3.63) is 64.2 Å². The number of fused-ring (bicyclic) bond motifs is 3. The number of carbonyl (C=O) groups is 2. The zero-order valence-electron chi connectivity index (χ0n) is 21.7. The molecular formula is C29H34FN3O4. The number of rotatable bonds is 5. The summed E-state index contributed by atoms with van der Waals surface area (Å²) in [6.07, 6.45) is 3.84. The standard InChI is InChI=1S/C29H34FN3O4/c1-17-4-5-19(15-24(17)30)14-18(2)33-25-11-10-20-12-13-32(29(36)37-3)16-23(20)26(25)31-27(33)21-6-8-22(9-7-21)28(34)35/h4-5,10-11,15,18,21-22H,6-9,12-14,16H2,1-3H3,(H,34,35)/t18-,21?,22?/m1/s1. The van der Waals surface area contributed by atoms with Gasteiger partial charge < -0.3 is 19.3 Å². The molecular weight excluding hydrogens is 473 g/mol. The maximum atomic E-state index is 14.3. The van der Waals surface area contributed by atoms with E-state index in [1.807, 2.05) is 12.1 Å². The zero-order chi connectivity index (χ0) is 26.3. The Kier molecular flexibility index (Phi) is 6.92. The third-order valence-electron chi connectivity index (χ3n) is 8.17. The summed E-state index contributed by atoms with van der Waals surface area (Å²) >= 11 is 0. The van der Waals surface area contributed by atoms with E-state index in [4.69, 9.17) is 9.72 Å². The van der Waals surface area contributed by atoms with Gasteiger partial charge in [-0.05, 0) is 81.2 Å². The van der Waals surface area contributed by atoms with Crippen LogP contribution in [-0.2, 0) is 28.9 Å². The second-order valence-electron chi connectivity index (χ2n) is 10.6. The van der Waals surface area contributed by atoms with Crippen molar-refractivity contribution in [2.24, 2.45) is 5.92 Å². The minimum absolute atomic E-state index is 0.0117. The molecule has 1 saturated carbocycles. The molecule has 7 nitrogen and oxygen atoms in total. The Morgan fingerprint density at radius 3 is 2.62 bits per heavy atom. The zero-order valence-corrected chi connectivity index (χ0v) is 21.7. The van der Waals surface area contributed by atoms with Crippen molar-refractivity contribution in [3.8, 4) is 0 Å². The molecule has 196 valence electrons. The van der Waals surface area contributed by atoms with Crippen molar-refractivity contribution in [3.63, 3.8) is 0 Å². The van der Waals surface area contributed by atoms with Crippen molar-refractivity contribution in [1.29, 1.82) is 0 Å². The van der Waals surface area contributed by atoms with Gasteiger partial charge in [-0.25, -0.2) is 14.2 Å². The minimum Gasteiger partial charge on any atom is -0.481 e. The average Bonchev–Trinajstić information content (AvgIpc) is 3.30. The molecule has 2 aliphatic rings. The van der Waals surface area contributed by atoms with E-state index in [0.717, 1.165) is 47.2 Å². The topological polar surface area (TPSA) is 84.7 Å². The molecule has 0 bridgehead atoms. The van der Waals surface area contributed by atoms with Crippen molar-refractivity contribution >= 4 is 23.1 Å². The molecule has 3 aromatic rings. The van der Waals surface area contributed by atoms with Crippen LogP contribution in [0.2, 0.25) is 0 Å². The number of hydrogen-bond acceptors (Lipinski definition) is 4. The van der Waals surface area contributed by atoms with Gasteiger partial charge in [0, 0.05) is 24.1 Å². The van der Waals surface area contributed by atoms with Crippen LogP contribution in [0.15, 0.2) is 30.3 Å². The van der Waals surface area contributed by atoms with Crippen LogP contribution in [0, 0.1) is 18.7 Å². The summed E-state index contributed by atoms with van der Waals surface area (Å²) in [4.78, 5) is 30.7. The Balaban J connectivity index is 1.56. The number of aromatic nitrogens is 2. The quantitative estimate of drug-likeness (QED) is 0.474. The fourth-order valence-electron chi connectivity index (χ4n) is 6.04. The van der Waals surface area contributed by atoms with Gasteiger partial charge in [-0.1, -0.05) is 18.2 Å². The van der Waals surface area contributed by atoms with Crippen molar-refractivity contribution in [1.82, 2.24) is 14.5 Å². The highest BCUT2D eigenvalue weighted by Gasteiger charge is 2.32. The summed E-state index contributed by atoms with van der Waals surface area (Å²) in [6, 6.07) is 9.66. The molecule has 2 aromatic carbocycles. The van der Waals surface area contributed by atoms with Crippen LogP contribution in [0.4, 0.5) is 9.18 Å². The van der Waals surface area contributed by atoms with E-state index in [-0.39, 0.29) is 29.8 Å². The minimum atomic E-state index is -0.723. The van der Waals surface area contributed by atoms with E-state index in [9.17, 15) is 19.1 Å². The maximum Gasteiger partial charge on any atom is 0.409 e. The maximum absolute atomic E-state index is 14.3. The van der Waals surface area contributed by atoms with Gasteiger partial charge in [0.25, 0.3) is 0 Å². The summed E-state index contributed by atoms with van der Waals surface area (Å²) in [5.74, 6) is -0.120. The van der Waals surface area contributed by atoms with Gasteiger partial charge in [0.15, 0.2) is 0 Å². The van der Waals surface area contributed by atoms with Crippen LogP contribution >= 0.6 is 0 Å². The van der Waals surface area contributed by atoms with Gasteiger partial charge >= 0.3 is 12.1 Å². The number of halogens is 1. The van der Waals surface area contributed by atoms with E-state index in [1.165, 1.54) is 12.7 Å². The predicted molar refractivity (Wildman–Crippen MR) is 138 cm³/mol. The molecule has 1 aliphatic carbocycles. The molecule has 1 aliphatic heterocycles. The number of hydrogen-bond donors (Lipinski definition) is 1. The van der Waals surface area contributed by atoms with E-state index in [1.54, 1.807) is 17.9 Å². The Morgan fingerprint density at radius 2 is 1.95 bits per heavy atom. The number of carboxylic acids is 1. The van der Waals surface area contributed by atoms with Crippen LogP contribution in [0.3, 0.4) is 0 Å². The lowest BCUT2D eigenvalue weighted by Gasteiger charge is -2.28. The predicted octanol–water partition coefficient (Wildman–Crippen LogP) is 5.77. The highest BCUT2D eigenvalue weighted by molar-refractivity contribution is 5.82. The average molecular weight is 508 g/mol. The third-order valence-corrected chi connectivity index (χ3v) is 8.17. The van der Waals surface area contributed by atoms with Crippen LogP contribution < -0.4 is 0 Å². The highest BCUT2D eigenvalue weighted by Crippen LogP contribution is 2.40. The Hall–Kier alpha value is -3.42. The molecule has 0 saturated heterocycles. The number of aliphatic carboxylic acids is 1. The molecule has 1 aromatic heterocycles. The monoisotopic (exact) mass is 507 g/mol. The van der Waals surface area contributed by atoms with Gasteiger partial charge in [-0.2, -0.15) is 0 Å². The number of nitrogens with zero attached hydrogens (tertiary/aromatic N) is 3. The number of carbonyl (C=O) groups excluding carboxylic acids is 1. The molecule has 37 heavy (non-hydrogen) atoms. The molecule has 8 heteroatoms. The summed E-state index contributed by atoms with van der Waals surface area (Å²) in [5.41, 5.74) is 5.67. The molecule has 1 fully saturated rings. The SMILES string of the molecule is COC(=O)N1CCc2ccc3c(nc(C4CCC(C(=O)O)CC4)n3[C@H](C)Cc3ccc(C)c(F)c3)c2C1. The van der Waals surface area contributed by atoms with Gasteiger partial charge in [0.05, 0.1) is 30.6 Å². The fraction of sp³-hybridized carbons (Fsp3) is 0.483. The number of carboxylic acid groups (broad SMARTS) is 1. The highest BCUT2D eigenvalue weighted by atomic mass is 19.1. The van der Waals surface area contributed by atoms with E-state index in [0.29, 0.717) is 37.9 Å². The second kappa shape index (κ2) is 10.1. The fourth-order valence-corrected chi connectivity index (χ4v) is 6.04. The number of aryl methyl sites for hydroxylation is 1. The molecule has 1 atom stereocenters. The van der Waals surface area contributed by atoms with Crippen molar-refractivity contribution in [2.45, 2.75) is 70.9 Å². The van der Waals surface area contributed by atoms with Crippen LogP contribution in [-0.4, -0.2) is 45.3 Å². The number of amides is 1. The summed E-state index contributed by atoms with van der Waals surface area (Å²) in [6.45, 7) is 4.94. The molecule has 2 heterocycles. The van der Waals surface area contributed by atoms with Gasteiger partial charge in [-0.15, -0.1) is 0 Å². The smallest absolute Gasteiger partial charge is 0.409 e. The normalized spacial score (nSPS) is 20.5. The van der Waals surface area contributed by atoms with E-state index >= 15 is 0 Å². The lowest BCUT2D eigenvalue weighted by atomic mass is 9.81. The summed E-state index contributed by atoms with van der Waals surface area (Å²) < 4.78 is 21.6. The van der Waals surface area contributed by atoms with E-state index < -0.39 is 5.97 Å². The van der Waals surface area contributed by atoms with Gasteiger partial charge in [0.1, 0.15) is 11.6 Å². The first-order chi connectivity index (χ1) is 17.8. The molecule has 5 rings (SSSR count). The van der Waals surface area contributed by atoms with Crippen LogP contribution in [0.1, 0.15) is 72.6 Å². The molecule has 1 N–H and O–H groups in total. The first-order valence-corrected chi connectivity index (χ1v) is 13.1. The Bertz CT molecular complexity index is 1340. The molecule has 0 unspecified atom stereocenters. The Morgan fingerprint density at radius 1 is 1.19 bits per heavy atom. The van der Waals surface area contributed by atoms with Crippen LogP contribution in [0.25, 0.3) is 11.0 Å². The van der Waals surface area contributed by atoms with E-state index in [2.05, 4.69) is 23.6 Å². The number of methoxy groups -OCH3 is 1. The second-order valence-corrected chi connectivity index (χ2v) is 10.6. The lowest BCUT2D eigenvalue weighted by Crippen LogP contribution is -2.35. The lowest BCUT2D eigenvalue weighted by molar-refractivity contribution is -0.142.